The molecule has 0 atom stereocenters. The average Bonchev–Trinajstić information content (AvgIpc) is 2.80. The van der Waals surface area contributed by atoms with Crippen LogP contribution in [-0.2, 0) is 16.8 Å². The topological polar surface area (TPSA) is 92.5 Å². The maximum atomic E-state index is 12.2. The summed E-state index contributed by atoms with van der Waals surface area (Å²) in [6.07, 6.45) is 10.2. The summed E-state index contributed by atoms with van der Waals surface area (Å²) in [7, 11) is 0. The van der Waals surface area contributed by atoms with E-state index in [9.17, 15) is 9.90 Å². The molecule has 1 aromatic heterocycles. The number of carboxylic acids is 1. The standard InChI is InChI=1S/C33H58N6O2/c1-21(2)34-30(35-22(3)4)19-38(20-31(36-23(5)6)37-24(7)8)28-9-10-39(29(14-28)15-32(40)41)33-16-25-11-26(17-33)13-27(12-25)18-33/h9-10,14,21-27,30-31,34-37H,11-13,15-20H2,1-8H3/p+1. The molecule has 0 amide bonds. The quantitative estimate of drug-likeness (QED) is 0.151. The van der Waals surface area contributed by atoms with Gasteiger partial charge in [-0.1, -0.05) is 0 Å². The van der Waals surface area contributed by atoms with Crippen LogP contribution in [0.3, 0.4) is 0 Å². The predicted octanol–water partition coefficient (Wildman–Crippen LogP) is 3.98. The van der Waals surface area contributed by atoms with Gasteiger partial charge in [0.15, 0.2) is 17.4 Å². The number of carbonyl (C=O) groups is 1. The molecular formula is C33H59N6O2+. The van der Waals surface area contributed by atoms with Gasteiger partial charge in [-0.15, -0.1) is 0 Å². The zero-order valence-corrected chi connectivity index (χ0v) is 27.0. The number of carboxylic acid groups (broad SMARTS) is 1. The Morgan fingerprint density at radius 1 is 0.829 bits per heavy atom. The SMILES string of the molecule is CC(C)NC(CN(CC(NC(C)C)NC(C)C)c1cc[n+](C23CC4CC(CC(C4)C2)C3)c(CC(=O)O)c1)NC(C)C. The number of nitrogens with one attached hydrogen (secondary N) is 4. The molecular weight excluding hydrogens is 512 g/mol. The van der Waals surface area contributed by atoms with Crippen molar-refractivity contribution in [3.8, 4) is 0 Å². The predicted molar refractivity (Wildman–Crippen MR) is 167 cm³/mol. The Morgan fingerprint density at radius 3 is 1.61 bits per heavy atom. The fourth-order valence-corrected chi connectivity index (χ4v) is 8.49. The molecule has 1 heterocycles. The molecule has 0 aliphatic heterocycles. The third-order valence-electron chi connectivity index (χ3n) is 9.18. The van der Waals surface area contributed by atoms with Gasteiger partial charge in [-0.25, -0.2) is 0 Å². The number of hydrogen-bond acceptors (Lipinski definition) is 6. The molecule has 0 spiro atoms. The van der Waals surface area contributed by atoms with Gasteiger partial charge in [0, 0.05) is 74.3 Å². The summed E-state index contributed by atoms with van der Waals surface area (Å²) in [6.45, 7) is 19.0. The molecule has 5 rings (SSSR count). The van der Waals surface area contributed by atoms with Crippen LogP contribution >= 0.6 is 0 Å². The van der Waals surface area contributed by atoms with E-state index in [2.05, 4.69) is 104 Å². The van der Waals surface area contributed by atoms with E-state index in [0.717, 1.165) is 42.2 Å². The van der Waals surface area contributed by atoms with E-state index in [4.69, 9.17) is 0 Å². The minimum atomic E-state index is -0.756. The van der Waals surface area contributed by atoms with Crippen LogP contribution in [0, 0.1) is 17.8 Å². The lowest BCUT2D eigenvalue weighted by molar-refractivity contribution is -0.782. The van der Waals surface area contributed by atoms with Gasteiger partial charge in [-0.2, -0.15) is 4.57 Å². The Bertz CT molecular complexity index is 928. The number of pyridine rings is 1. The molecule has 4 aliphatic rings. The molecule has 232 valence electrons. The van der Waals surface area contributed by atoms with Crippen molar-refractivity contribution in [2.45, 2.75) is 142 Å². The van der Waals surface area contributed by atoms with E-state index < -0.39 is 5.97 Å². The maximum absolute atomic E-state index is 12.2. The largest absolute Gasteiger partial charge is 0.481 e. The van der Waals surface area contributed by atoms with E-state index in [1.807, 2.05) is 0 Å². The molecule has 0 aromatic carbocycles. The molecule has 41 heavy (non-hydrogen) atoms. The minimum Gasteiger partial charge on any atom is -0.481 e. The highest BCUT2D eigenvalue weighted by molar-refractivity contribution is 5.69. The monoisotopic (exact) mass is 571 g/mol. The fourth-order valence-electron chi connectivity index (χ4n) is 8.49. The summed E-state index contributed by atoms with van der Waals surface area (Å²) < 4.78 is 2.42. The van der Waals surface area contributed by atoms with Crippen molar-refractivity contribution < 1.29 is 14.5 Å². The highest BCUT2D eigenvalue weighted by Crippen LogP contribution is 2.57. The van der Waals surface area contributed by atoms with Gasteiger partial charge in [-0.3, -0.25) is 26.1 Å². The zero-order chi connectivity index (χ0) is 29.9. The summed E-state index contributed by atoms with van der Waals surface area (Å²) in [5.74, 6) is 1.65. The molecule has 1 aromatic rings. The van der Waals surface area contributed by atoms with E-state index in [1.165, 1.54) is 38.5 Å². The number of aromatic nitrogens is 1. The highest BCUT2D eigenvalue weighted by atomic mass is 16.4. The third-order valence-corrected chi connectivity index (χ3v) is 9.18. The summed E-state index contributed by atoms with van der Waals surface area (Å²) in [5.41, 5.74) is 2.12. The molecule has 8 nitrogen and oxygen atoms in total. The minimum absolute atomic E-state index is 0.0548. The number of rotatable bonds is 16. The van der Waals surface area contributed by atoms with Crippen molar-refractivity contribution in [2.75, 3.05) is 18.0 Å². The van der Waals surface area contributed by atoms with Gasteiger partial charge >= 0.3 is 5.97 Å². The van der Waals surface area contributed by atoms with Crippen LogP contribution in [0.15, 0.2) is 18.3 Å². The van der Waals surface area contributed by atoms with Gasteiger partial charge in [0.2, 0.25) is 0 Å². The van der Waals surface area contributed by atoms with Gasteiger partial charge in [-0.05, 0) is 92.4 Å². The smallest absolute Gasteiger partial charge is 0.314 e. The first-order valence-corrected chi connectivity index (χ1v) is 16.4. The van der Waals surface area contributed by atoms with Crippen molar-refractivity contribution in [1.82, 2.24) is 21.3 Å². The molecule has 4 aliphatic carbocycles. The Morgan fingerprint density at radius 2 is 1.24 bits per heavy atom. The van der Waals surface area contributed by atoms with Crippen molar-refractivity contribution >= 4 is 11.7 Å². The lowest BCUT2D eigenvalue weighted by atomic mass is 9.53. The van der Waals surface area contributed by atoms with Crippen LogP contribution in [0.2, 0.25) is 0 Å². The van der Waals surface area contributed by atoms with Crippen LogP contribution in [0.4, 0.5) is 5.69 Å². The van der Waals surface area contributed by atoms with E-state index in [1.54, 1.807) is 0 Å². The van der Waals surface area contributed by atoms with Crippen molar-refractivity contribution in [1.29, 1.82) is 0 Å². The third kappa shape index (κ3) is 8.65. The summed E-state index contributed by atoms with van der Waals surface area (Å²) in [5, 5.41) is 24.9. The van der Waals surface area contributed by atoms with Gasteiger partial charge in [0.05, 0.1) is 12.3 Å². The van der Waals surface area contributed by atoms with Crippen LogP contribution in [0.25, 0.3) is 0 Å². The molecule has 0 radical (unpaired) electrons. The van der Waals surface area contributed by atoms with E-state index in [0.29, 0.717) is 24.2 Å². The zero-order valence-electron chi connectivity index (χ0n) is 27.0. The lowest BCUT2D eigenvalue weighted by Gasteiger charge is -2.53. The number of hydrogen-bond donors (Lipinski definition) is 5. The van der Waals surface area contributed by atoms with Gasteiger partial charge in [0.25, 0.3) is 0 Å². The molecule has 4 saturated carbocycles. The second-order valence-electron chi connectivity index (χ2n) is 14.8. The van der Waals surface area contributed by atoms with Crippen LogP contribution in [0.5, 0.6) is 0 Å². The molecule has 0 saturated heterocycles. The molecule has 5 N–H and O–H groups in total. The summed E-state index contributed by atoms with van der Waals surface area (Å²) in [4.78, 5) is 14.6. The number of nitrogens with zero attached hydrogens (tertiary/aromatic N) is 2. The molecule has 4 bridgehead atoms. The number of aliphatic carboxylic acids is 1. The average molecular weight is 572 g/mol. The van der Waals surface area contributed by atoms with Crippen molar-refractivity contribution in [3.05, 3.63) is 24.0 Å². The van der Waals surface area contributed by atoms with Crippen LogP contribution < -0.4 is 30.7 Å². The van der Waals surface area contributed by atoms with Crippen molar-refractivity contribution in [3.63, 3.8) is 0 Å². The maximum Gasteiger partial charge on any atom is 0.314 e. The van der Waals surface area contributed by atoms with Gasteiger partial charge in [0.1, 0.15) is 6.42 Å². The van der Waals surface area contributed by atoms with E-state index >= 15 is 0 Å². The second kappa shape index (κ2) is 13.7. The number of anilines is 1. The van der Waals surface area contributed by atoms with Crippen LogP contribution in [0.1, 0.15) is 99.6 Å². The summed E-state index contributed by atoms with van der Waals surface area (Å²) >= 11 is 0. The summed E-state index contributed by atoms with van der Waals surface area (Å²) in [6, 6.07) is 5.79. The van der Waals surface area contributed by atoms with E-state index in [-0.39, 0.29) is 24.3 Å². The highest BCUT2D eigenvalue weighted by Gasteiger charge is 2.57. The van der Waals surface area contributed by atoms with Crippen LogP contribution in [-0.4, -0.2) is 60.7 Å². The first kappa shape index (κ1) is 32.2. The second-order valence-corrected chi connectivity index (χ2v) is 14.8. The normalized spacial score (nSPS) is 25.6. The molecule has 8 heteroatoms. The first-order chi connectivity index (χ1) is 19.3. The van der Waals surface area contributed by atoms with Crippen molar-refractivity contribution in [2.24, 2.45) is 17.8 Å². The molecule has 0 unspecified atom stereocenters. The lowest BCUT2D eigenvalue weighted by Crippen LogP contribution is -2.66. The Labute approximate surface area is 249 Å². The Kier molecular flexibility index (Phi) is 10.8. The Hall–Kier alpha value is -1.74. The fraction of sp³-hybridized carbons (Fsp3) is 0.818. The van der Waals surface area contributed by atoms with Gasteiger partial charge < -0.3 is 10.0 Å². The molecule has 4 fully saturated rings. The first-order valence-electron chi connectivity index (χ1n) is 16.4. The Balaban J connectivity index is 1.71.